The molecule has 2 unspecified atom stereocenters. The fourth-order valence-electron chi connectivity index (χ4n) is 2.02. The molecule has 2 nitrogen and oxygen atoms in total. The molecule has 2 rings (SSSR count). The van der Waals surface area contributed by atoms with Gasteiger partial charge in [-0.2, -0.15) is 11.8 Å². The van der Waals surface area contributed by atoms with E-state index in [0.717, 1.165) is 17.9 Å². The van der Waals surface area contributed by atoms with E-state index in [9.17, 15) is 18.3 Å². The number of nitrogens with one attached hydrogen (secondary N) is 1. The first kappa shape index (κ1) is 14.7. The molecule has 1 aliphatic rings. The van der Waals surface area contributed by atoms with Crippen molar-refractivity contribution in [1.82, 2.24) is 5.32 Å². The molecule has 0 bridgehead atoms. The van der Waals surface area contributed by atoms with Crippen LogP contribution < -0.4 is 5.32 Å². The quantitative estimate of drug-likeness (QED) is 0.837. The van der Waals surface area contributed by atoms with Gasteiger partial charge in [0.2, 0.25) is 0 Å². The molecule has 1 saturated heterocycles. The Kier molecular flexibility index (Phi) is 4.43. The minimum Gasteiger partial charge on any atom is -0.388 e. The minimum absolute atomic E-state index is 0.325. The summed E-state index contributed by atoms with van der Waals surface area (Å²) in [7, 11) is 0. The molecule has 0 amide bonds. The molecule has 106 valence electrons. The van der Waals surface area contributed by atoms with Crippen LogP contribution in [-0.4, -0.2) is 28.8 Å². The van der Waals surface area contributed by atoms with Crippen molar-refractivity contribution in [1.29, 1.82) is 0 Å². The summed E-state index contributed by atoms with van der Waals surface area (Å²) in [6, 6.07) is 1.59. The fraction of sp³-hybridized carbons (Fsp3) is 0.538. The van der Waals surface area contributed by atoms with E-state index in [1.807, 2.05) is 0 Å². The number of rotatable bonds is 4. The number of hydrogen-bond donors (Lipinski definition) is 2. The molecule has 6 heteroatoms. The number of thioether (sulfide) groups is 1. The molecule has 1 aromatic carbocycles. The lowest BCUT2D eigenvalue weighted by atomic mass is 10.0. The summed E-state index contributed by atoms with van der Waals surface area (Å²) in [5.74, 6) is -2.29. The average molecular weight is 291 g/mol. The highest BCUT2D eigenvalue weighted by atomic mass is 32.2. The van der Waals surface area contributed by atoms with Gasteiger partial charge in [0.05, 0.1) is 5.60 Å². The van der Waals surface area contributed by atoms with Crippen LogP contribution in [-0.2, 0) is 0 Å². The summed E-state index contributed by atoms with van der Waals surface area (Å²) in [6.45, 7) is 2.07. The Balaban J connectivity index is 2.01. The van der Waals surface area contributed by atoms with Crippen molar-refractivity contribution in [2.75, 3.05) is 18.1 Å². The summed E-state index contributed by atoms with van der Waals surface area (Å²) in [5, 5.41) is 13.2. The summed E-state index contributed by atoms with van der Waals surface area (Å²) >= 11 is 1.68. The SMILES string of the molecule is CC(NCC1(O)CCSC1)c1cc(F)c(F)c(F)c1. The second kappa shape index (κ2) is 5.73. The summed E-state index contributed by atoms with van der Waals surface area (Å²) in [5.41, 5.74) is -0.443. The number of aliphatic hydroxyl groups is 1. The van der Waals surface area contributed by atoms with E-state index in [-0.39, 0.29) is 6.04 Å². The van der Waals surface area contributed by atoms with Gasteiger partial charge in [-0.3, -0.25) is 0 Å². The molecule has 0 aromatic heterocycles. The highest BCUT2D eigenvalue weighted by Crippen LogP contribution is 2.28. The Hall–Kier alpha value is -0.720. The molecule has 1 fully saturated rings. The van der Waals surface area contributed by atoms with Crippen LogP contribution >= 0.6 is 11.8 Å². The molecule has 19 heavy (non-hydrogen) atoms. The van der Waals surface area contributed by atoms with Gasteiger partial charge >= 0.3 is 0 Å². The zero-order valence-corrected chi connectivity index (χ0v) is 11.4. The third-order valence-electron chi connectivity index (χ3n) is 3.33. The van der Waals surface area contributed by atoms with Crippen molar-refractivity contribution in [2.45, 2.75) is 25.0 Å². The molecule has 0 aliphatic carbocycles. The van der Waals surface area contributed by atoms with Gasteiger partial charge in [-0.15, -0.1) is 0 Å². The maximum absolute atomic E-state index is 13.1. The first-order valence-corrected chi connectivity index (χ1v) is 7.25. The van der Waals surface area contributed by atoms with Crippen LogP contribution in [0.5, 0.6) is 0 Å². The maximum Gasteiger partial charge on any atom is 0.194 e. The van der Waals surface area contributed by atoms with E-state index >= 15 is 0 Å². The Labute approximate surface area is 114 Å². The molecule has 0 saturated carbocycles. The minimum atomic E-state index is -1.46. The first-order chi connectivity index (χ1) is 8.91. The summed E-state index contributed by atoms with van der Waals surface area (Å²) in [6.07, 6.45) is 0.698. The van der Waals surface area contributed by atoms with Gasteiger partial charge in [-0.1, -0.05) is 0 Å². The van der Waals surface area contributed by atoms with Gasteiger partial charge in [-0.25, -0.2) is 13.2 Å². The standard InChI is InChI=1S/C13H16F3NOS/c1-8(17-6-13(18)2-3-19-7-13)9-4-10(14)12(16)11(15)5-9/h4-5,8,17-18H,2-3,6-7H2,1H3. The molecule has 1 heterocycles. The van der Waals surface area contributed by atoms with Gasteiger partial charge in [0.25, 0.3) is 0 Å². The van der Waals surface area contributed by atoms with Crippen molar-refractivity contribution < 1.29 is 18.3 Å². The smallest absolute Gasteiger partial charge is 0.194 e. The molecule has 2 atom stereocenters. The second-order valence-corrected chi connectivity index (χ2v) is 6.03. The van der Waals surface area contributed by atoms with Crippen LogP contribution in [0.25, 0.3) is 0 Å². The van der Waals surface area contributed by atoms with Crippen LogP contribution in [0.4, 0.5) is 13.2 Å². The third kappa shape index (κ3) is 3.43. The van der Waals surface area contributed by atoms with Crippen molar-refractivity contribution in [2.24, 2.45) is 0 Å². The summed E-state index contributed by atoms with van der Waals surface area (Å²) < 4.78 is 39.1. The van der Waals surface area contributed by atoms with Crippen LogP contribution in [0.1, 0.15) is 24.9 Å². The van der Waals surface area contributed by atoms with Gasteiger partial charge in [-0.05, 0) is 36.8 Å². The average Bonchev–Trinajstić information content (AvgIpc) is 2.80. The third-order valence-corrected chi connectivity index (χ3v) is 4.56. The predicted octanol–water partition coefficient (Wildman–Crippen LogP) is 2.62. The van der Waals surface area contributed by atoms with Gasteiger partial charge in [0.1, 0.15) is 0 Å². The van der Waals surface area contributed by atoms with E-state index < -0.39 is 23.1 Å². The van der Waals surface area contributed by atoms with Crippen molar-refractivity contribution in [3.8, 4) is 0 Å². The van der Waals surface area contributed by atoms with Gasteiger partial charge in [0, 0.05) is 18.3 Å². The Morgan fingerprint density at radius 3 is 2.53 bits per heavy atom. The molecular formula is C13H16F3NOS. The topological polar surface area (TPSA) is 32.3 Å². The highest BCUT2D eigenvalue weighted by molar-refractivity contribution is 7.99. The van der Waals surface area contributed by atoms with E-state index in [0.29, 0.717) is 24.3 Å². The van der Waals surface area contributed by atoms with Crippen LogP contribution in [0, 0.1) is 17.5 Å². The molecule has 2 N–H and O–H groups in total. The lowest BCUT2D eigenvalue weighted by Crippen LogP contribution is -2.41. The van der Waals surface area contributed by atoms with E-state index in [2.05, 4.69) is 5.32 Å². The van der Waals surface area contributed by atoms with Gasteiger partial charge in [0.15, 0.2) is 17.5 Å². The van der Waals surface area contributed by atoms with E-state index in [4.69, 9.17) is 0 Å². The normalized spacial score (nSPS) is 24.7. The van der Waals surface area contributed by atoms with Gasteiger partial charge < -0.3 is 10.4 Å². The Bertz CT molecular complexity index is 440. The second-order valence-electron chi connectivity index (χ2n) is 4.93. The number of hydrogen-bond acceptors (Lipinski definition) is 3. The lowest BCUT2D eigenvalue weighted by Gasteiger charge is -2.24. The monoisotopic (exact) mass is 291 g/mol. The van der Waals surface area contributed by atoms with Crippen molar-refractivity contribution in [3.63, 3.8) is 0 Å². The van der Waals surface area contributed by atoms with Crippen molar-refractivity contribution in [3.05, 3.63) is 35.1 Å². The predicted molar refractivity (Wildman–Crippen MR) is 69.6 cm³/mol. The number of benzene rings is 1. The fourth-order valence-corrected chi connectivity index (χ4v) is 3.32. The maximum atomic E-state index is 13.1. The largest absolute Gasteiger partial charge is 0.388 e. The number of halogens is 3. The molecule has 0 spiro atoms. The molecule has 0 radical (unpaired) electrons. The molecular weight excluding hydrogens is 275 g/mol. The molecule has 1 aromatic rings. The van der Waals surface area contributed by atoms with Crippen LogP contribution in [0.15, 0.2) is 12.1 Å². The van der Waals surface area contributed by atoms with E-state index in [1.165, 1.54) is 0 Å². The lowest BCUT2D eigenvalue weighted by molar-refractivity contribution is 0.0651. The zero-order valence-electron chi connectivity index (χ0n) is 10.5. The zero-order chi connectivity index (χ0) is 14.0. The van der Waals surface area contributed by atoms with Crippen LogP contribution in [0.2, 0.25) is 0 Å². The summed E-state index contributed by atoms with van der Waals surface area (Å²) in [4.78, 5) is 0. The Morgan fingerprint density at radius 2 is 2.00 bits per heavy atom. The van der Waals surface area contributed by atoms with Crippen LogP contribution in [0.3, 0.4) is 0 Å². The molecule has 1 aliphatic heterocycles. The van der Waals surface area contributed by atoms with Crippen molar-refractivity contribution >= 4 is 11.8 Å². The Morgan fingerprint density at radius 1 is 1.37 bits per heavy atom. The highest BCUT2D eigenvalue weighted by Gasteiger charge is 2.31. The first-order valence-electron chi connectivity index (χ1n) is 6.09. The van der Waals surface area contributed by atoms with E-state index in [1.54, 1.807) is 18.7 Å².